The molecule has 0 atom stereocenters. The van der Waals surface area contributed by atoms with Gasteiger partial charge in [0.1, 0.15) is 5.69 Å². The summed E-state index contributed by atoms with van der Waals surface area (Å²) < 4.78 is 4.68. The highest BCUT2D eigenvalue weighted by molar-refractivity contribution is 6.04. The molecule has 1 aromatic carbocycles. The van der Waals surface area contributed by atoms with E-state index in [0.717, 1.165) is 18.8 Å². The van der Waals surface area contributed by atoms with Crippen molar-refractivity contribution in [3.8, 4) is 0 Å². The Morgan fingerprint density at radius 3 is 2.68 bits per heavy atom. The molecule has 1 aromatic heterocycles. The minimum Gasteiger partial charge on any atom is -0.465 e. The fraction of sp³-hybridized carbons (Fsp3) is 0.278. The van der Waals surface area contributed by atoms with Crippen LogP contribution in [0.15, 0.2) is 42.6 Å². The van der Waals surface area contributed by atoms with E-state index in [1.165, 1.54) is 7.11 Å². The molecule has 2 aromatic rings. The molecule has 0 fully saturated rings. The molecule has 2 N–H and O–H groups in total. The predicted molar refractivity (Wildman–Crippen MR) is 97.0 cm³/mol. The lowest BCUT2D eigenvalue weighted by molar-refractivity contribution is 0.0600. The molecule has 0 spiro atoms. The number of benzene rings is 1. The summed E-state index contributed by atoms with van der Waals surface area (Å²) >= 11 is 0. The number of carbonyl (C=O) groups excluding carboxylic acids is 2. The number of hydrogen-bond donors (Lipinski definition) is 2. The SMILES string of the molecule is COC(=O)c1cccc(NC(=O)c2cc(NCCN(C)C)ccn2)c1. The van der Waals surface area contributed by atoms with Gasteiger partial charge in [-0.1, -0.05) is 6.07 Å². The number of amides is 1. The van der Waals surface area contributed by atoms with Crippen LogP contribution in [0.5, 0.6) is 0 Å². The molecule has 0 saturated carbocycles. The number of methoxy groups -OCH3 is 1. The number of nitrogens with zero attached hydrogens (tertiary/aromatic N) is 2. The molecule has 0 radical (unpaired) electrons. The van der Waals surface area contributed by atoms with Gasteiger partial charge in [-0.15, -0.1) is 0 Å². The second kappa shape index (κ2) is 8.79. The Labute approximate surface area is 147 Å². The maximum absolute atomic E-state index is 12.4. The molecule has 1 amide bonds. The van der Waals surface area contributed by atoms with Crippen molar-refractivity contribution >= 4 is 23.3 Å². The summed E-state index contributed by atoms with van der Waals surface area (Å²) in [6, 6.07) is 10.1. The molecule has 0 bridgehead atoms. The number of rotatable bonds is 7. The monoisotopic (exact) mass is 342 g/mol. The van der Waals surface area contributed by atoms with E-state index in [-0.39, 0.29) is 5.91 Å². The number of pyridine rings is 1. The van der Waals surface area contributed by atoms with Crippen molar-refractivity contribution in [3.05, 3.63) is 53.9 Å². The highest BCUT2D eigenvalue weighted by Crippen LogP contribution is 2.14. The van der Waals surface area contributed by atoms with E-state index in [4.69, 9.17) is 0 Å². The van der Waals surface area contributed by atoms with Gasteiger partial charge in [-0.2, -0.15) is 0 Å². The van der Waals surface area contributed by atoms with E-state index in [1.54, 1.807) is 36.5 Å². The Balaban J connectivity index is 2.04. The number of ether oxygens (including phenoxy) is 1. The first-order chi connectivity index (χ1) is 12.0. The number of anilines is 2. The summed E-state index contributed by atoms with van der Waals surface area (Å²) in [6.07, 6.45) is 1.58. The maximum Gasteiger partial charge on any atom is 0.337 e. The standard InChI is InChI=1S/C18H22N4O3/c1-22(2)10-9-19-14-7-8-20-16(12-14)17(23)21-15-6-4-5-13(11-15)18(24)25-3/h4-8,11-12H,9-10H2,1-3H3,(H,19,20)(H,21,23). The zero-order chi connectivity index (χ0) is 18.2. The van der Waals surface area contributed by atoms with Crippen LogP contribution in [0.3, 0.4) is 0 Å². The summed E-state index contributed by atoms with van der Waals surface area (Å²) in [5.41, 5.74) is 1.98. The van der Waals surface area contributed by atoms with Crippen LogP contribution >= 0.6 is 0 Å². The van der Waals surface area contributed by atoms with Gasteiger partial charge < -0.3 is 20.3 Å². The lowest BCUT2D eigenvalue weighted by Gasteiger charge is -2.12. The summed E-state index contributed by atoms with van der Waals surface area (Å²) in [6.45, 7) is 1.64. The Morgan fingerprint density at radius 2 is 1.96 bits per heavy atom. The zero-order valence-electron chi connectivity index (χ0n) is 14.6. The van der Waals surface area contributed by atoms with Crippen LogP contribution in [0.25, 0.3) is 0 Å². The largest absolute Gasteiger partial charge is 0.465 e. The van der Waals surface area contributed by atoms with Crippen molar-refractivity contribution < 1.29 is 14.3 Å². The lowest BCUT2D eigenvalue weighted by Crippen LogP contribution is -2.21. The molecule has 132 valence electrons. The summed E-state index contributed by atoms with van der Waals surface area (Å²) in [5, 5.41) is 5.98. The predicted octanol–water partition coefficient (Wildman–Crippen LogP) is 2.09. The van der Waals surface area contributed by atoms with Crippen molar-refractivity contribution in [1.29, 1.82) is 0 Å². The third-order valence-corrected chi connectivity index (χ3v) is 3.42. The topological polar surface area (TPSA) is 83.6 Å². The van der Waals surface area contributed by atoms with E-state index < -0.39 is 5.97 Å². The molecular formula is C18H22N4O3. The van der Waals surface area contributed by atoms with Crippen molar-refractivity contribution in [2.75, 3.05) is 44.9 Å². The van der Waals surface area contributed by atoms with E-state index in [9.17, 15) is 9.59 Å². The highest BCUT2D eigenvalue weighted by Gasteiger charge is 2.11. The van der Waals surface area contributed by atoms with Gasteiger partial charge in [0.2, 0.25) is 0 Å². The molecule has 0 aliphatic rings. The average molecular weight is 342 g/mol. The van der Waals surface area contributed by atoms with Crippen molar-refractivity contribution in [2.24, 2.45) is 0 Å². The second-order valence-electron chi connectivity index (χ2n) is 5.69. The number of hydrogen-bond acceptors (Lipinski definition) is 6. The molecule has 25 heavy (non-hydrogen) atoms. The van der Waals surface area contributed by atoms with Gasteiger partial charge in [-0.05, 0) is 44.4 Å². The first-order valence-electron chi connectivity index (χ1n) is 7.84. The van der Waals surface area contributed by atoms with Crippen LogP contribution in [-0.2, 0) is 4.74 Å². The maximum atomic E-state index is 12.4. The van der Waals surface area contributed by atoms with Crippen LogP contribution in [-0.4, -0.2) is 56.1 Å². The molecule has 0 aliphatic carbocycles. The van der Waals surface area contributed by atoms with Gasteiger partial charge in [0, 0.05) is 30.7 Å². The molecular weight excluding hydrogens is 320 g/mol. The van der Waals surface area contributed by atoms with Gasteiger partial charge >= 0.3 is 5.97 Å². The number of carbonyl (C=O) groups is 2. The van der Waals surface area contributed by atoms with Crippen molar-refractivity contribution in [3.63, 3.8) is 0 Å². The number of likely N-dealkylation sites (N-methyl/N-ethyl adjacent to an activating group) is 1. The van der Waals surface area contributed by atoms with E-state index in [1.807, 2.05) is 20.2 Å². The molecule has 0 aliphatic heterocycles. The third-order valence-electron chi connectivity index (χ3n) is 3.42. The second-order valence-corrected chi connectivity index (χ2v) is 5.69. The van der Waals surface area contributed by atoms with Crippen LogP contribution in [0.2, 0.25) is 0 Å². The number of aromatic nitrogens is 1. The Morgan fingerprint density at radius 1 is 1.16 bits per heavy atom. The minimum absolute atomic E-state index is 0.290. The van der Waals surface area contributed by atoms with Gasteiger partial charge in [-0.25, -0.2) is 4.79 Å². The summed E-state index contributed by atoms with van der Waals surface area (Å²) in [5.74, 6) is -0.806. The Hall–Kier alpha value is -2.93. The molecule has 0 saturated heterocycles. The van der Waals surface area contributed by atoms with E-state index >= 15 is 0 Å². The van der Waals surface area contributed by atoms with E-state index in [0.29, 0.717) is 16.9 Å². The highest BCUT2D eigenvalue weighted by atomic mass is 16.5. The van der Waals surface area contributed by atoms with Crippen LogP contribution in [0, 0.1) is 0 Å². The summed E-state index contributed by atoms with van der Waals surface area (Å²) in [4.78, 5) is 30.1. The van der Waals surface area contributed by atoms with Gasteiger partial charge in [0.05, 0.1) is 12.7 Å². The normalized spacial score (nSPS) is 10.4. The molecule has 0 unspecified atom stereocenters. The molecule has 7 heteroatoms. The fourth-order valence-corrected chi connectivity index (χ4v) is 2.13. The van der Waals surface area contributed by atoms with Gasteiger partial charge in [0.15, 0.2) is 0 Å². The third kappa shape index (κ3) is 5.58. The molecule has 1 heterocycles. The smallest absolute Gasteiger partial charge is 0.337 e. The average Bonchev–Trinajstić information content (AvgIpc) is 2.61. The Bertz CT molecular complexity index is 747. The van der Waals surface area contributed by atoms with Crippen LogP contribution in [0.4, 0.5) is 11.4 Å². The van der Waals surface area contributed by atoms with Crippen molar-refractivity contribution in [1.82, 2.24) is 9.88 Å². The quantitative estimate of drug-likeness (QED) is 0.750. The first-order valence-corrected chi connectivity index (χ1v) is 7.84. The number of esters is 1. The lowest BCUT2D eigenvalue weighted by atomic mass is 10.2. The zero-order valence-corrected chi connectivity index (χ0v) is 14.6. The first kappa shape index (κ1) is 18.4. The minimum atomic E-state index is -0.457. The van der Waals surface area contributed by atoms with E-state index in [2.05, 4.69) is 25.3 Å². The fourth-order valence-electron chi connectivity index (χ4n) is 2.13. The summed E-state index contributed by atoms with van der Waals surface area (Å²) in [7, 11) is 5.30. The van der Waals surface area contributed by atoms with Crippen LogP contribution < -0.4 is 10.6 Å². The van der Waals surface area contributed by atoms with Gasteiger partial charge in [-0.3, -0.25) is 9.78 Å². The molecule has 7 nitrogen and oxygen atoms in total. The number of nitrogens with one attached hydrogen (secondary N) is 2. The molecule has 2 rings (SSSR count). The Kier molecular flexibility index (Phi) is 6.47. The van der Waals surface area contributed by atoms with Gasteiger partial charge in [0.25, 0.3) is 5.91 Å². The van der Waals surface area contributed by atoms with Crippen molar-refractivity contribution in [2.45, 2.75) is 0 Å². The van der Waals surface area contributed by atoms with Crippen LogP contribution in [0.1, 0.15) is 20.8 Å².